The number of hydrogen-bond acceptors (Lipinski definition) is 5. The van der Waals surface area contributed by atoms with Crippen molar-refractivity contribution < 1.29 is 19.4 Å². The molecule has 150 valence electrons. The molecule has 2 aromatic rings. The molecule has 2 aliphatic rings. The number of methoxy groups -OCH3 is 1. The van der Waals surface area contributed by atoms with Crippen molar-refractivity contribution in [2.45, 2.75) is 37.8 Å². The molecule has 0 bridgehead atoms. The van der Waals surface area contributed by atoms with Gasteiger partial charge in [0.2, 0.25) is 0 Å². The van der Waals surface area contributed by atoms with Crippen LogP contribution in [-0.4, -0.2) is 39.8 Å². The quantitative estimate of drug-likeness (QED) is 0.423. The maximum atomic E-state index is 13.0. The largest absolute Gasteiger partial charge is 0.507 e. The number of ketones is 1. The minimum absolute atomic E-state index is 0.00967. The van der Waals surface area contributed by atoms with Gasteiger partial charge in [0.05, 0.1) is 23.2 Å². The third-order valence-corrected chi connectivity index (χ3v) is 6.24. The van der Waals surface area contributed by atoms with Gasteiger partial charge in [-0.1, -0.05) is 18.9 Å². The Kier molecular flexibility index (Phi) is 5.41. The molecule has 1 aromatic carbocycles. The fraction of sp³-hybridized carbons (Fsp3) is 0.318. The van der Waals surface area contributed by atoms with Crippen molar-refractivity contribution >= 4 is 33.4 Å². The highest BCUT2D eigenvalue weighted by Gasteiger charge is 2.49. The van der Waals surface area contributed by atoms with E-state index in [1.165, 1.54) is 0 Å². The molecular formula is C22H21BrN2O4. The first-order valence-electron chi connectivity index (χ1n) is 9.57. The Morgan fingerprint density at radius 3 is 2.62 bits per heavy atom. The van der Waals surface area contributed by atoms with E-state index in [0.717, 1.165) is 25.7 Å². The number of aromatic nitrogens is 1. The number of hydrogen-bond donors (Lipinski definition) is 1. The van der Waals surface area contributed by atoms with Gasteiger partial charge < -0.3 is 14.7 Å². The number of carbonyl (C=O) groups is 2. The monoisotopic (exact) mass is 456 g/mol. The Hall–Kier alpha value is -2.67. The van der Waals surface area contributed by atoms with E-state index in [2.05, 4.69) is 20.9 Å². The first-order chi connectivity index (χ1) is 14.0. The van der Waals surface area contributed by atoms with Crippen molar-refractivity contribution in [3.8, 4) is 5.75 Å². The van der Waals surface area contributed by atoms with E-state index in [1.54, 1.807) is 48.7 Å². The summed E-state index contributed by atoms with van der Waals surface area (Å²) < 4.78 is 5.88. The average Bonchev–Trinajstić information content (AvgIpc) is 3.35. The van der Waals surface area contributed by atoms with Gasteiger partial charge in [0.15, 0.2) is 0 Å². The van der Waals surface area contributed by atoms with Gasteiger partial charge in [0.1, 0.15) is 11.5 Å². The maximum absolute atomic E-state index is 13.0. The first kappa shape index (κ1) is 19.6. The number of amides is 1. The molecule has 0 spiro atoms. The molecule has 1 unspecified atom stereocenters. The summed E-state index contributed by atoms with van der Waals surface area (Å²) in [5.74, 6) is -0.798. The second-order valence-electron chi connectivity index (χ2n) is 7.28. The summed E-state index contributed by atoms with van der Waals surface area (Å²) >= 11 is 3.41. The molecule has 7 heteroatoms. The minimum atomic E-state index is -0.657. The van der Waals surface area contributed by atoms with Gasteiger partial charge in [-0.15, -0.1) is 0 Å². The zero-order chi connectivity index (χ0) is 20.5. The molecule has 29 heavy (non-hydrogen) atoms. The second kappa shape index (κ2) is 7.99. The maximum Gasteiger partial charge on any atom is 0.295 e. The Bertz CT molecular complexity index is 984. The van der Waals surface area contributed by atoms with E-state index >= 15 is 0 Å². The fourth-order valence-electron chi connectivity index (χ4n) is 4.24. The predicted molar refractivity (Wildman–Crippen MR) is 111 cm³/mol. The Balaban J connectivity index is 1.87. The predicted octanol–water partition coefficient (Wildman–Crippen LogP) is 4.22. The Morgan fingerprint density at radius 1 is 1.24 bits per heavy atom. The van der Waals surface area contributed by atoms with Crippen molar-refractivity contribution in [2.24, 2.45) is 0 Å². The number of aliphatic hydroxyl groups excluding tert-OH is 1. The van der Waals surface area contributed by atoms with E-state index < -0.39 is 17.7 Å². The standard InChI is InChI=1S/C22H21BrN2O4/c1-29-17-9-8-13(11-16(17)23)20(26)18-19(14-5-4-10-24-12-14)25(22(28)21(18)27)15-6-2-3-7-15/h4-5,8-12,15,19,26H,2-3,6-7H2,1H3/b20-18-. The fourth-order valence-corrected chi connectivity index (χ4v) is 4.78. The molecule has 1 saturated carbocycles. The van der Waals surface area contributed by atoms with Crippen molar-refractivity contribution in [3.63, 3.8) is 0 Å². The summed E-state index contributed by atoms with van der Waals surface area (Å²) in [6.07, 6.45) is 7.06. The summed E-state index contributed by atoms with van der Waals surface area (Å²) in [4.78, 5) is 31.8. The van der Waals surface area contributed by atoms with E-state index in [4.69, 9.17) is 4.74 Å². The van der Waals surface area contributed by atoms with Crippen molar-refractivity contribution in [3.05, 3.63) is 63.9 Å². The molecule has 6 nitrogen and oxygen atoms in total. The van der Waals surface area contributed by atoms with Crippen LogP contribution in [0.1, 0.15) is 42.9 Å². The van der Waals surface area contributed by atoms with Crippen LogP contribution < -0.4 is 4.74 Å². The van der Waals surface area contributed by atoms with Crippen molar-refractivity contribution in [2.75, 3.05) is 7.11 Å². The number of carbonyl (C=O) groups excluding carboxylic acids is 2. The molecule has 1 N–H and O–H groups in total. The first-order valence-corrected chi connectivity index (χ1v) is 10.4. The van der Waals surface area contributed by atoms with Crippen LogP contribution in [0.3, 0.4) is 0 Å². The van der Waals surface area contributed by atoms with E-state index in [-0.39, 0.29) is 17.4 Å². The number of pyridine rings is 1. The van der Waals surface area contributed by atoms with Gasteiger partial charge in [-0.05, 0) is 58.6 Å². The Labute approximate surface area is 177 Å². The van der Waals surface area contributed by atoms with Crippen LogP contribution in [0.5, 0.6) is 5.75 Å². The number of rotatable bonds is 4. The number of Topliss-reactive ketones (excluding diaryl/α,β-unsaturated/α-hetero) is 1. The van der Waals surface area contributed by atoms with Crippen molar-refractivity contribution in [1.29, 1.82) is 0 Å². The third-order valence-electron chi connectivity index (χ3n) is 5.62. The highest BCUT2D eigenvalue weighted by atomic mass is 79.9. The number of ether oxygens (including phenoxy) is 1. The minimum Gasteiger partial charge on any atom is -0.507 e. The van der Waals surface area contributed by atoms with Crippen molar-refractivity contribution in [1.82, 2.24) is 9.88 Å². The Morgan fingerprint density at radius 2 is 2.00 bits per heavy atom. The summed E-state index contributed by atoms with van der Waals surface area (Å²) in [7, 11) is 1.55. The topological polar surface area (TPSA) is 79.7 Å². The lowest BCUT2D eigenvalue weighted by atomic mass is 9.95. The molecule has 1 atom stereocenters. The molecule has 2 fully saturated rings. The molecule has 1 amide bonds. The normalized spacial score (nSPS) is 21.7. The van der Waals surface area contributed by atoms with E-state index in [0.29, 0.717) is 21.3 Å². The van der Waals surface area contributed by atoms with Crippen LogP contribution in [-0.2, 0) is 9.59 Å². The second-order valence-corrected chi connectivity index (χ2v) is 8.13. The zero-order valence-electron chi connectivity index (χ0n) is 16.0. The lowest BCUT2D eigenvalue weighted by molar-refractivity contribution is -0.141. The molecule has 1 aromatic heterocycles. The molecule has 4 rings (SSSR count). The smallest absolute Gasteiger partial charge is 0.295 e. The number of halogens is 1. The molecule has 2 heterocycles. The SMILES string of the molecule is COc1ccc(/C(O)=C2/C(=O)C(=O)N(C3CCCC3)C2c2cccnc2)cc1Br. The number of nitrogens with zero attached hydrogens (tertiary/aromatic N) is 2. The van der Waals surface area contributed by atoms with E-state index in [1.807, 2.05) is 6.07 Å². The van der Waals surface area contributed by atoms with Gasteiger partial charge in [-0.3, -0.25) is 14.6 Å². The number of benzene rings is 1. The van der Waals surface area contributed by atoms with Crippen LogP contribution in [0.2, 0.25) is 0 Å². The van der Waals surface area contributed by atoms with Gasteiger partial charge in [-0.2, -0.15) is 0 Å². The van der Waals surface area contributed by atoms with E-state index in [9.17, 15) is 14.7 Å². The number of likely N-dealkylation sites (tertiary alicyclic amines) is 1. The third kappa shape index (κ3) is 3.44. The zero-order valence-corrected chi connectivity index (χ0v) is 17.6. The highest BCUT2D eigenvalue weighted by Crippen LogP contribution is 2.43. The van der Waals surface area contributed by atoms with Crippen LogP contribution in [0.4, 0.5) is 0 Å². The highest BCUT2D eigenvalue weighted by molar-refractivity contribution is 9.10. The van der Waals surface area contributed by atoms with Gasteiger partial charge in [-0.25, -0.2) is 0 Å². The van der Waals surface area contributed by atoms with Crippen LogP contribution >= 0.6 is 15.9 Å². The molecule has 1 aliphatic heterocycles. The van der Waals surface area contributed by atoms with Crippen LogP contribution in [0.15, 0.2) is 52.8 Å². The van der Waals surface area contributed by atoms with Gasteiger partial charge >= 0.3 is 0 Å². The van der Waals surface area contributed by atoms with Crippen LogP contribution in [0, 0.1) is 0 Å². The number of aliphatic hydroxyl groups is 1. The molecule has 1 saturated heterocycles. The summed E-state index contributed by atoms with van der Waals surface area (Å²) in [6.45, 7) is 0. The molecule has 1 aliphatic carbocycles. The summed E-state index contributed by atoms with van der Waals surface area (Å²) in [5, 5.41) is 11.1. The summed E-state index contributed by atoms with van der Waals surface area (Å²) in [6, 6.07) is 8.00. The van der Waals surface area contributed by atoms with Crippen LogP contribution in [0.25, 0.3) is 5.76 Å². The summed E-state index contributed by atoms with van der Waals surface area (Å²) in [5.41, 5.74) is 1.26. The van der Waals surface area contributed by atoms with Gasteiger partial charge in [0, 0.05) is 24.0 Å². The average molecular weight is 457 g/mol. The lowest BCUT2D eigenvalue weighted by Gasteiger charge is -2.30. The lowest BCUT2D eigenvalue weighted by Crippen LogP contribution is -2.37. The molecular weight excluding hydrogens is 436 g/mol. The van der Waals surface area contributed by atoms with Gasteiger partial charge in [0.25, 0.3) is 11.7 Å². The molecule has 0 radical (unpaired) electrons.